The summed E-state index contributed by atoms with van der Waals surface area (Å²) in [5, 5.41) is 7.48. The Morgan fingerprint density at radius 2 is 0.433 bits per heavy atom. The largest absolute Gasteiger partial charge is 0.309 e. The third-order valence-corrected chi connectivity index (χ3v) is 31.0. The molecular weight excluding hydrogens is 1820 g/mol. The van der Waals surface area contributed by atoms with E-state index in [4.69, 9.17) is 29.9 Å². The molecular formula is C139H99N11. The summed E-state index contributed by atoms with van der Waals surface area (Å²) in [6, 6.07) is 167. The lowest BCUT2D eigenvalue weighted by Gasteiger charge is -2.24. The van der Waals surface area contributed by atoms with E-state index >= 15 is 0 Å². The molecule has 3 aliphatic carbocycles. The predicted octanol–water partition coefficient (Wildman–Crippen LogP) is 34.8. The van der Waals surface area contributed by atoms with Gasteiger partial charge in [0.25, 0.3) is 0 Å². The summed E-state index contributed by atoms with van der Waals surface area (Å²) in [6.07, 6.45) is 7.36. The first-order chi connectivity index (χ1) is 73.7. The Bertz CT molecular complexity index is 9420. The zero-order chi connectivity index (χ0) is 100. The van der Waals surface area contributed by atoms with Crippen LogP contribution in [-0.2, 0) is 16.2 Å². The smallest absolute Gasteiger partial charge is 0.160 e. The van der Waals surface area contributed by atoms with Crippen LogP contribution in [0, 0.1) is 0 Å². The van der Waals surface area contributed by atoms with Crippen LogP contribution in [0.4, 0.5) is 0 Å². The Labute approximate surface area is 870 Å². The summed E-state index contributed by atoms with van der Waals surface area (Å²) >= 11 is 0. The second-order valence-corrected chi connectivity index (χ2v) is 40.9. The highest BCUT2D eigenvalue weighted by Gasteiger charge is 2.44. The first kappa shape index (κ1) is 89.7. The molecule has 11 heteroatoms. The molecule has 18 aromatic carbocycles. The number of para-hydroxylation sites is 6. The minimum absolute atomic E-state index is 0.231. The molecule has 0 fully saturated rings. The van der Waals surface area contributed by atoms with Crippen molar-refractivity contribution in [2.24, 2.45) is 0 Å². The van der Waals surface area contributed by atoms with E-state index in [1.165, 1.54) is 149 Å². The molecule has 0 atom stereocenters. The molecule has 29 rings (SSSR count). The highest BCUT2D eigenvalue weighted by molar-refractivity contribution is 6.13. The van der Waals surface area contributed by atoms with E-state index in [2.05, 4.69) is 508 Å². The van der Waals surface area contributed by atoms with Gasteiger partial charge < -0.3 is 13.7 Å². The topological polar surface area (TPSA) is 118 Å². The van der Waals surface area contributed by atoms with Crippen LogP contribution in [0.15, 0.2) is 492 Å². The van der Waals surface area contributed by atoms with Crippen LogP contribution in [0.25, 0.3) is 240 Å². The minimum atomic E-state index is -0.256. The van der Waals surface area contributed by atoms with Gasteiger partial charge in [0, 0.05) is 163 Å². The summed E-state index contributed by atoms with van der Waals surface area (Å²) in [4.78, 5) is 40.4. The van der Waals surface area contributed by atoms with Crippen molar-refractivity contribution in [3.05, 3.63) is 525 Å². The summed E-state index contributed by atoms with van der Waals surface area (Å²) in [7, 11) is 0. The lowest BCUT2D eigenvalue weighted by atomic mass is 9.80. The monoisotopic (exact) mass is 1920 g/mol. The number of hydrogen-bond acceptors (Lipinski definition) is 8. The van der Waals surface area contributed by atoms with Crippen molar-refractivity contribution >= 4 is 65.4 Å². The first-order valence-electron chi connectivity index (χ1n) is 51.4. The number of aromatic nitrogens is 11. The van der Waals surface area contributed by atoms with E-state index in [1.54, 1.807) is 6.20 Å². The Kier molecular flexibility index (Phi) is 21.7. The van der Waals surface area contributed by atoms with Crippen LogP contribution in [0.2, 0.25) is 0 Å². The fourth-order valence-corrected chi connectivity index (χ4v) is 23.7. The number of fused-ring (bicyclic) bond motifs is 18. The lowest BCUT2D eigenvalue weighted by Crippen LogP contribution is -2.17. The third kappa shape index (κ3) is 15.2. The molecule has 26 aromatic rings. The van der Waals surface area contributed by atoms with Crippen molar-refractivity contribution in [1.82, 2.24) is 53.6 Å². The van der Waals surface area contributed by atoms with Crippen molar-refractivity contribution in [3.63, 3.8) is 0 Å². The van der Waals surface area contributed by atoms with Gasteiger partial charge in [0.15, 0.2) is 17.5 Å². The maximum Gasteiger partial charge on any atom is 0.160 e. The summed E-state index contributed by atoms with van der Waals surface area (Å²) in [5.74, 6) is 2.19. The number of rotatable bonds is 14. The van der Waals surface area contributed by atoms with Crippen molar-refractivity contribution in [2.75, 3.05) is 0 Å². The highest BCUT2D eigenvalue weighted by atomic mass is 15.0. The van der Waals surface area contributed by atoms with Gasteiger partial charge >= 0.3 is 0 Å². The average molecular weight is 1920 g/mol. The Morgan fingerprint density at radius 3 is 0.827 bits per heavy atom. The Hall–Kier alpha value is -19.1. The predicted molar refractivity (Wildman–Crippen MR) is 617 cm³/mol. The van der Waals surface area contributed by atoms with E-state index in [0.29, 0.717) is 0 Å². The molecule has 0 radical (unpaired) electrons. The van der Waals surface area contributed by atoms with Crippen LogP contribution >= 0.6 is 0 Å². The number of pyridine rings is 2. The van der Waals surface area contributed by atoms with E-state index < -0.39 is 0 Å². The standard InChI is InChI=1S/2C48H34N4.C43H31N3/c1-48(2)41-19-8-6-18-39(41)46-44(48)45(50-47(51-46)35-13-10-12-33(28-35)36-14-11-27-49-30-36)32-23-21-31(22-24-32)34-25-26-43-40(29-34)38-17-7-9-20-42(38)52(43)37-15-4-3-5-16-37;1-48(2)41-17-8-6-16-39(41)46-44(48)45(50-47(51-46)36-12-10-11-34(29-36)32-25-27-49-28-26-32)33-21-19-31(20-22-33)35-23-24-43-40(30-35)38-15-7-9-18-42(38)52(43)37-13-4-3-5-14-37;1-43(2)36-22-11-9-21-34(36)41-39(43)40(44-42(45-41)28-14-5-3-6-15-28)31-17-13-16-29(26-31)30-24-25-38-35(27-30)33-20-10-12-23-37(33)46(38)32-18-7-4-8-19-32/h2*3-30H,1-2H3;3-27H,1-2H3. The first-order valence-corrected chi connectivity index (χ1v) is 51.4. The average Bonchev–Trinajstić information content (AvgIpc) is 1.57. The van der Waals surface area contributed by atoms with Gasteiger partial charge in [0.05, 0.1) is 67.3 Å². The summed E-state index contributed by atoms with van der Waals surface area (Å²) < 4.78 is 7.08. The van der Waals surface area contributed by atoms with E-state index in [9.17, 15) is 0 Å². The Balaban J connectivity index is 0.000000111. The fourth-order valence-electron chi connectivity index (χ4n) is 23.7. The van der Waals surface area contributed by atoms with E-state index in [-0.39, 0.29) is 16.2 Å². The summed E-state index contributed by atoms with van der Waals surface area (Å²) in [5.41, 5.74) is 44.6. The fraction of sp³-hybridized carbons (Fsp3) is 0.0647. The second kappa shape index (κ2) is 36.3. The molecule has 0 spiro atoms. The SMILES string of the molecule is CC1(C)c2ccccc2-c2nc(-c3cccc(-c4cccnc4)c3)nc(-c3ccc(-c4ccc5c(c4)c4ccccc4n5-c4ccccc4)cc3)c21.CC1(C)c2ccccc2-c2nc(-c3cccc(-c4ccncc4)c3)nc(-c3ccc(-c4ccc5c(c4)c4ccccc4n5-c4ccccc4)cc3)c21.CC1(C)c2ccccc2-c2nc(-c3ccccc3)nc(-c3cccc(-c4ccc5c(c4)c4ccccc4n5-c4ccccc4)c3)c21. The van der Waals surface area contributed by atoms with Gasteiger partial charge in [-0.25, -0.2) is 29.9 Å². The quantitative estimate of drug-likeness (QED) is 0.106. The van der Waals surface area contributed by atoms with Gasteiger partial charge in [-0.2, -0.15) is 0 Å². The number of benzene rings is 18. The van der Waals surface area contributed by atoms with Gasteiger partial charge in [-0.3, -0.25) is 9.97 Å². The molecule has 8 heterocycles. The molecule has 0 saturated carbocycles. The Morgan fingerprint density at radius 1 is 0.167 bits per heavy atom. The van der Waals surface area contributed by atoms with E-state index in [0.717, 1.165) is 124 Å². The minimum Gasteiger partial charge on any atom is -0.309 e. The molecule has 0 N–H and O–H groups in total. The van der Waals surface area contributed by atoms with Gasteiger partial charge in [0.1, 0.15) is 0 Å². The van der Waals surface area contributed by atoms with Crippen LogP contribution in [0.1, 0.15) is 74.9 Å². The molecule has 0 aliphatic heterocycles. The molecule has 710 valence electrons. The van der Waals surface area contributed by atoms with Crippen LogP contribution in [0.5, 0.6) is 0 Å². The zero-order valence-corrected chi connectivity index (χ0v) is 83.7. The van der Waals surface area contributed by atoms with Crippen molar-refractivity contribution < 1.29 is 0 Å². The second-order valence-electron chi connectivity index (χ2n) is 40.9. The zero-order valence-electron chi connectivity index (χ0n) is 83.7. The molecule has 150 heavy (non-hydrogen) atoms. The molecule has 0 unspecified atom stereocenters. The van der Waals surface area contributed by atoms with E-state index in [1.807, 2.05) is 42.9 Å². The van der Waals surface area contributed by atoms with Crippen molar-refractivity contribution in [1.29, 1.82) is 0 Å². The number of nitrogens with zero attached hydrogens (tertiary/aromatic N) is 11. The molecule has 0 bridgehead atoms. The molecule has 8 aromatic heterocycles. The third-order valence-electron chi connectivity index (χ3n) is 31.0. The van der Waals surface area contributed by atoms with Gasteiger partial charge in [-0.05, 0) is 194 Å². The van der Waals surface area contributed by atoms with Gasteiger partial charge in [-0.15, -0.1) is 0 Å². The van der Waals surface area contributed by atoms with Crippen LogP contribution in [-0.4, -0.2) is 53.6 Å². The van der Waals surface area contributed by atoms with Crippen LogP contribution in [0.3, 0.4) is 0 Å². The molecule has 11 nitrogen and oxygen atoms in total. The van der Waals surface area contributed by atoms with Crippen molar-refractivity contribution in [3.8, 4) is 174 Å². The molecule has 0 saturated heterocycles. The van der Waals surface area contributed by atoms with Crippen molar-refractivity contribution in [2.45, 2.75) is 57.8 Å². The maximum absolute atomic E-state index is 5.38. The van der Waals surface area contributed by atoms with Gasteiger partial charge in [-0.1, -0.05) is 381 Å². The maximum atomic E-state index is 5.38. The normalized spacial score (nSPS) is 13.0. The molecule has 3 aliphatic rings. The molecule has 0 amide bonds. The van der Waals surface area contributed by atoms with Crippen LogP contribution < -0.4 is 0 Å². The van der Waals surface area contributed by atoms with Gasteiger partial charge in [0.2, 0.25) is 0 Å². The number of hydrogen-bond donors (Lipinski definition) is 0. The lowest BCUT2D eigenvalue weighted by molar-refractivity contribution is 0.657. The summed E-state index contributed by atoms with van der Waals surface area (Å²) in [6.45, 7) is 13.8. The highest BCUT2D eigenvalue weighted by Crippen LogP contribution is 2.56.